The van der Waals surface area contributed by atoms with Crippen LogP contribution in [-0.2, 0) is 9.59 Å². The molecule has 1 aromatic rings. The third-order valence-electron chi connectivity index (χ3n) is 2.72. The summed E-state index contributed by atoms with van der Waals surface area (Å²) in [7, 11) is 0. The second-order valence-electron chi connectivity index (χ2n) is 4.33. The number of nitrogens with one attached hydrogen (secondary N) is 1. The molecule has 1 atom stereocenters. The number of pyridine rings is 1. The highest BCUT2D eigenvalue weighted by atomic mass is 16.2. The molecule has 2 heterocycles. The van der Waals surface area contributed by atoms with Crippen LogP contribution >= 0.6 is 0 Å². The number of likely N-dealkylation sites (tertiary alicyclic amines) is 1. The van der Waals surface area contributed by atoms with Crippen LogP contribution < -0.4 is 5.32 Å². The SMILES string of the molecule is CC(C)N1C(=O)CC(Nc2ccncc2)C1=O. The molecule has 0 spiro atoms. The Morgan fingerprint density at radius 1 is 1.35 bits per heavy atom. The molecule has 1 aliphatic rings. The zero-order valence-electron chi connectivity index (χ0n) is 9.88. The largest absolute Gasteiger partial charge is 0.373 e. The second kappa shape index (κ2) is 4.53. The van der Waals surface area contributed by atoms with Gasteiger partial charge in [-0.2, -0.15) is 0 Å². The number of hydrogen-bond acceptors (Lipinski definition) is 4. The lowest BCUT2D eigenvalue weighted by Crippen LogP contribution is -2.39. The Morgan fingerprint density at radius 2 is 2.00 bits per heavy atom. The monoisotopic (exact) mass is 233 g/mol. The summed E-state index contributed by atoms with van der Waals surface area (Å²) in [6, 6.07) is 3.01. The fourth-order valence-electron chi connectivity index (χ4n) is 1.96. The second-order valence-corrected chi connectivity index (χ2v) is 4.33. The minimum Gasteiger partial charge on any atom is -0.373 e. The Hall–Kier alpha value is -1.91. The Morgan fingerprint density at radius 3 is 2.53 bits per heavy atom. The molecule has 0 aliphatic carbocycles. The Balaban J connectivity index is 2.10. The van der Waals surface area contributed by atoms with Gasteiger partial charge in [-0.05, 0) is 26.0 Å². The molecule has 17 heavy (non-hydrogen) atoms. The van der Waals surface area contributed by atoms with Crippen LogP contribution in [0, 0.1) is 0 Å². The Kier molecular flexibility index (Phi) is 3.08. The van der Waals surface area contributed by atoms with Crippen molar-refractivity contribution < 1.29 is 9.59 Å². The lowest BCUT2D eigenvalue weighted by molar-refractivity contribution is -0.140. The lowest BCUT2D eigenvalue weighted by atomic mass is 10.2. The molecule has 1 N–H and O–H groups in total. The molecule has 2 amide bonds. The molecule has 2 rings (SSSR count). The molecule has 1 fully saturated rings. The highest BCUT2D eigenvalue weighted by Gasteiger charge is 2.39. The van der Waals surface area contributed by atoms with Crippen molar-refractivity contribution in [1.29, 1.82) is 0 Å². The number of rotatable bonds is 3. The number of nitrogens with zero attached hydrogens (tertiary/aromatic N) is 2. The van der Waals surface area contributed by atoms with Gasteiger partial charge in [0.05, 0.1) is 6.42 Å². The molecule has 5 nitrogen and oxygen atoms in total. The van der Waals surface area contributed by atoms with Crippen LogP contribution in [0.5, 0.6) is 0 Å². The lowest BCUT2D eigenvalue weighted by Gasteiger charge is -2.19. The average Bonchev–Trinajstić information content (AvgIpc) is 2.55. The number of aromatic nitrogens is 1. The van der Waals surface area contributed by atoms with E-state index in [9.17, 15) is 9.59 Å². The first kappa shape index (κ1) is 11.6. The van der Waals surface area contributed by atoms with Gasteiger partial charge in [-0.1, -0.05) is 0 Å². The molecular weight excluding hydrogens is 218 g/mol. The van der Waals surface area contributed by atoms with Crippen LogP contribution in [0.25, 0.3) is 0 Å². The Bertz CT molecular complexity index is 431. The number of anilines is 1. The van der Waals surface area contributed by atoms with E-state index in [1.807, 2.05) is 13.8 Å². The van der Waals surface area contributed by atoms with Crippen molar-refractivity contribution in [2.45, 2.75) is 32.4 Å². The first-order chi connectivity index (χ1) is 8.09. The van der Waals surface area contributed by atoms with E-state index in [1.54, 1.807) is 24.5 Å². The molecule has 0 aromatic carbocycles. The number of carbonyl (C=O) groups excluding carboxylic acids is 2. The standard InChI is InChI=1S/C12H15N3O2/c1-8(2)15-11(16)7-10(12(15)17)14-9-3-5-13-6-4-9/h3-6,8,10H,7H2,1-2H3,(H,13,14). The zero-order chi connectivity index (χ0) is 12.4. The van der Waals surface area contributed by atoms with E-state index >= 15 is 0 Å². The molecule has 0 bridgehead atoms. The fourth-order valence-corrected chi connectivity index (χ4v) is 1.96. The predicted octanol–water partition coefficient (Wildman–Crippen LogP) is 1.03. The summed E-state index contributed by atoms with van der Waals surface area (Å²) in [5, 5.41) is 3.05. The third kappa shape index (κ3) is 2.27. The molecule has 1 aliphatic heterocycles. The summed E-state index contributed by atoms with van der Waals surface area (Å²) in [4.78, 5) is 28.9. The van der Waals surface area contributed by atoms with E-state index in [0.717, 1.165) is 5.69 Å². The maximum Gasteiger partial charge on any atom is 0.252 e. The molecule has 1 aromatic heterocycles. The van der Waals surface area contributed by atoms with Gasteiger partial charge in [-0.15, -0.1) is 0 Å². The predicted molar refractivity (Wildman–Crippen MR) is 63.3 cm³/mol. The summed E-state index contributed by atoms with van der Waals surface area (Å²) in [5.74, 6) is -0.265. The number of amides is 2. The summed E-state index contributed by atoms with van der Waals surface area (Å²) in [6.45, 7) is 3.68. The third-order valence-corrected chi connectivity index (χ3v) is 2.72. The molecule has 90 valence electrons. The van der Waals surface area contributed by atoms with Gasteiger partial charge < -0.3 is 5.32 Å². The normalized spacial score (nSPS) is 20.2. The fraction of sp³-hybridized carbons (Fsp3) is 0.417. The van der Waals surface area contributed by atoms with E-state index in [2.05, 4.69) is 10.3 Å². The summed E-state index contributed by atoms with van der Waals surface area (Å²) < 4.78 is 0. The minimum atomic E-state index is -0.452. The number of hydrogen-bond donors (Lipinski definition) is 1. The van der Waals surface area contributed by atoms with Crippen LogP contribution in [-0.4, -0.2) is 33.8 Å². The van der Waals surface area contributed by atoms with Crippen molar-refractivity contribution in [3.63, 3.8) is 0 Å². The molecule has 5 heteroatoms. The number of imide groups is 1. The molecule has 1 unspecified atom stereocenters. The summed E-state index contributed by atoms with van der Waals surface area (Å²) >= 11 is 0. The molecule has 0 saturated carbocycles. The maximum atomic E-state index is 12.0. The molecular formula is C12H15N3O2. The van der Waals surface area contributed by atoms with Gasteiger partial charge >= 0.3 is 0 Å². The average molecular weight is 233 g/mol. The van der Waals surface area contributed by atoms with Crippen molar-refractivity contribution in [3.8, 4) is 0 Å². The smallest absolute Gasteiger partial charge is 0.252 e. The first-order valence-electron chi connectivity index (χ1n) is 5.62. The maximum absolute atomic E-state index is 12.0. The van der Waals surface area contributed by atoms with Gasteiger partial charge in [0.25, 0.3) is 5.91 Å². The van der Waals surface area contributed by atoms with Crippen molar-refractivity contribution in [3.05, 3.63) is 24.5 Å². The van der Waals surface area contributed by atoms with E-state index in [1.165, 1.54) is 4.90 Å². The van der Waals surface area contributed by atoms with Gasteiger partial charge in [0, 0.05) is 24.1 Å². The highest BCUT2D eigenvalue weighted by Crippen LogP contribution is 2.19. The van der Waals surface area contributed by atoms with Gasteiger partial charge in [-0.25, -0.2) is 0 Å². The zero-order valence-corrected chi connectivity index (χ0v) is 9.88. The van der Waals surface area contributed by atoms with Crippen molar-refractivity contribution in [1.82, 2.24) is 9.88 Å². The molecule has 1 saturated heterocycles. The van der Waals surface area contributed by atoms with Crippen LogP contribution in [0.1, 0.15) is 20.3 Å². The van der Waals surface area contributed by atoms with Crippen LogP contribution in [0.3, 0.4) is 0 Å². The van der Waals surface area contributed by atoms with Gasteiger partial charge in [0.2, 0.25) is 5.91 Å². The van der Waals surface area contributed by atoms with Gasteiger partial charge in [-0.3, -0.25) is 19.5 Å². The summed E-state index contributed by atoms with van der Waals surface area (Å²) in [6.07, 6.45) is 3.51. The van der Waals surface area contributed by atoms with Crippen molar-refractivity contribution >= 4 is 17.5 Å². The van der Waals surface area contributed by atoms with Crippen LogP contribution in [0.15, 0.2) is 24.5 Å². The highest BCUT2D eigenvalue weighted by molar-refractivity contribution is 6.07. The van der Waals surface area contributed by atoms with E-state index in [-0.39, 0.29) is 24.3 Å². The van der Waals surface area contributed by atoms with Crippen LogP contribution in [0.4, 0.5) is 5.69 Å². The van der Waals surface area contributed by atoms with Gasteiger partial charge in [0.1, 0.15) is 6.04 Å². The first-order valence-corrected chi connectivity index (χ1v) is 5.62. The van der Waals surface area contributed by atoms with E-state index < -0.39 is 6.04 Å². The van der Waals surface area contributed by atoms with Crippen molar-refractivity contribution in [2.24, 2.45) is 0 Å². The summed E-state index contributed by atoms with van der Waals surface area (Å²) in [5.41, 5.74) is 0.803. The minimum absolute atomic E-state index is 0.0840. The quantitative estimate of drug-likeness (QED) is 0.792. The van der Waals surface area contributed by atoms with Crippen LogP contribution in [0.2, 0.25) is 0 Å². The van der Waals surface area contributed by atoms with Crippen molar-refractivity contribution in [2.75, 3.05) is 5.32 Å². The van der Waals surface area contributed by atoms with Gasteiger partial charge in [0.15, 0.2) is 0 Å². The topological polar surface area (TPSA) is 62.3 Å². The Labute approximate surface area is 99.8 Å². The number of carbonyl (C=O) groups is 2. The molecule has 0 radical (unpaired) electrons. The van der Waals surface area contributed by atoms with E-state index in [4.69, 9.17) is 0 Å². The van der Waals surface area contributed by atoms with E-state index in [0.29, 0.717) is 0 Å².